The fraction of sp³-hybridized carbons (Fsp3) is 0.0833. The van der Waals surface area contributed by atoms with Crippen LogP contribution >= 0.6 is 11.8 Å². The molecular formula is C12H9FN2OS. The molecular weight excluding hydrogens is 239 g/mol. The Morgan fingerprint density at radius 2 is 1.88 bits per heavy atom. The van der Waals surface area contributed by atoms with Crippen LogP contribution in [0.5, 0.6) is 0 Å². The molecule has 0 atom stereocenters. The van der Waals surface area contributed by atoms with Gasteiger partial charge in [-0.2, -0.15) is 0 Å². The first-order chi connectivity index (χ1) is 8.27. The van der Waals surface area contributed by atoms with Gasteiger partial charge >= 0.3 is 0 Å². The Hall–Kier alpha value is -1.75. The van der Waals surface area contributed by atoms with Gasteiger partial charge in [0, 0.05) is 12.4 Å². The van der Waals surface area contributed by atoms with Crippen molar-refractivity contribution < 1.29 is 9.18 Å². The van der Waals surface area contributed by atoms with Crippen molar-refractivity contribution >= 4 is 17.5 Å². The fourth-order valence-electron chi connectivity index (χ4n) is 1.26. The second-order valence-electron chi connectivity index (χ2n) is 3.22. The van der Waals surface area contributed by atoms with Crippen LogP contribution in [-0.4, -0.2) is 21.5 Å². The highest BCUT2D eigenvalue weighted by Crippen LogP contribution is 2.15. The van der Waals surface area contributed by atoms with Gasteiger partial charge in [-0.1, -0.05) is 23.9 Å². The van der Waals surface area contributed by atoms with Gasteiger partial charge in [0.05, 0.1) is 11.3 Å². The maximum Gasteiger partial charge on any atom is 0.187 e. The van der Waals surface area contributed by atoms with Crippen molar-refractivity contribution in [3.05, 3.63) is 54.1 Å². The first-order valence-electron chi connectivity index (χ1n) is 4.95. The van der Waals surface area contributed by atoms with Crippen LogP contribution in [0.2, 0.25) is 0 Å². The highest BCUT2D eigenvalue weighted by atomic mass is 32.2. The molecule has 17 heavy (non-hydrogen) atoms. The van der Waals surface area contributed by atoms with E-state index in [1.54, 1.807) is 30.6 Å². The van der Waals surface area contributed by atoms with E-state index in [9.17, 15) is 9.18 Å². The number of Topliss-reactive ketones (excluding diaryl/α,β-unsaturated/α-hetero) is 1. The summed E-state index contributed by atoms with van der Waals surface area (Å²) in [6.07, 6.45) is 3.20. The van der Waals surface area contributed by atoms with Crippen LogP contribution in [0.25, 0.3) is 0 Å². The standard InChI is InChI=1S/C12H9FN2OS/c13-10-5-2-1-4-9(10)11(16)8-17-12-14-6-3-7-15-12/h1-7H,8H2. The van der Waals surface area contributed by atoms with Crippen LogP contribution in [0, 0.1) is 5.82 Å². The van der Waals surface area contributed by atoms with Gasteiger partial charge < -0.3 is 0 Å². The van der Waals surface area contributed by atoms with E-state index < -0.39 is 5.82 Å². The van der Waals surface area contributed by atoms with Gasteiger partial charge in [-0.3, -0.25) is 4.79 Å². The number of carbonyl (C=O) groups excluding carboxylic acids is 1. The Balaban J connectivity index is 2.01. The highest BCUT2D eigenvalue weighted by molar-refractivity contribution is 7.99. The van der Waals surface area contributed by atoms with E-state index in [0.29, 0.717) is 5.16 Å². The largest absolute Gasteiger partial charge is 0.293 e. The second-order valence-corrected chi connectivity index (χ2v) is 4.17. The fourth-order valence-corrected chi connectivity index (χ4v) is 1.94. The molecule has 0 N–H and O–H groups in total. The van der Waals surface area contributed by atoms with E-state index in [1.165, 1.54) is 23.9 Å². The smallest absolute Gasteiger partial charge is 0.187 e. The summed E-state index contributed by atoms with van der Waals surface area (Å²) in [6.45, 7) is 0. The summed E-state index contributed by atoms with van der Waals surface area (Å²) in [5, 5.41) is 0.511. The van der Waals surface area contributed by atoms with E-state index in [0.717, 1.165) is 0 Å². The number of benzene rings is 1. The molecule has 0 bridgehead atoms. The zero-order chi connectivity index (χ0) is 12.1. The topological polar surface area (TPSA) is 42.9 Å². The zero-order valence-electron chi connectivity index (χ0n) is 8.84. The van der Waals surface area contributed by atoms with Crippen molar-refractivity contribution in [3.63, 3.8) is 0 Å². The number of nitrogens with zero attached hydrogens (tertiary/aromatic N) is 2. The lowest BCUT2D eigenvalue weighted by molar-refractivity contribution is 0.101. The molecule has 0 unspecified atom stereocenters. The Kier molecular flexibility index (Phi) is 3.82. The summed E-state index contributed by atoms with van der Waals surface area (Å²) in [4.78, 5) is 19.7. The van der Waals surface area contributed by atoms with Crippen molar-refractivity contribution in [2.75, 3.05) is 5.75 Å². The minimum absolute atomic E-state index is 0.107. The zero-order valence-corrected chi connectivity index (χ0v) is 9.65. The van der Waals surface area contributed by atoms with Gasteiger partial charge in [-0.05, 0) is 18.2 Å². The molecule has 0 aliphatic carbocycles. The Bertz CT molecular complexity index is 519. The Morgan fingerprint density at radius 3 is 2.59 bits per heavy atom. The normalized spacial score (nSPS) is 10.2. The molecule has 3 nitrogen and oxygen atoms in total. The van der Waals surface area contributed by atoms with Gasteiger partial charge in [0.25, 0.3) is 0 Å². The maximum absolute atomic E-state index is 13.3. The third-order valence-electron chi connectivity index (χ3n) is 2.05. The van der Waals surface area contributed by atoms with Crippen molar-refractivity contribution in [1.82, 2.24) is 9.97 Å². The maximum atomic E-state index is 13.3. The molecule has 0 saturated carbocycles. The number of carbonyl (C=O) groups is 1. The average Bonchev–Trinajstić information content (AvgIpc) is 2.38. The lowest BCUT2D eigenvalue weighted by atomic mass is 10.1. The summed E-state index contributed by atoms with van der Waals surface area (Å²) in [7, 11) is 0. The monoisotopic (exact) mass is 248 g/mol. The van der Waals surface area contributed by atoms with Crippen LogP contribution < -0.4 is 0 Å². The molecule has 0 aliphatic rings. The molecule has 1 aromatic carbocycles. The molecule has 0 amide bonds. The average molecular weight is 248 g/mol. The van der Waals surface area contributed by atoms with Gasteiger partial charge in [0.2, 0.25) is 0 Å². The van der Waals surface area contributed by atoms with Crippen molar-refractivity contribution in [2.24, 2.45) is 0 Å². The molecule has 86 valence electrons. The molecule has 0 radical (unpaired) electrons. The van der Waals surface area contributed by atoms with Crippen molar-refractivity contribution in [3.8, 4) is 0 Å². The number of ketones is 1. The van der Waals surface area contributed by atoms with Gasteiger partial charge in [0.1, 0.15) is 5.82 Å². The highest BCUT2D eigenvalue weighted by Gasteiger charge is 2.11. The number of thioether (sulfide) groups is 1. The first kappa shape index (κ1) is 11.7. The van der Waals surface area contributed by atoms with Gasteiger partial charge in [-0.15, -0.1) is 0 Å². The quantitative estimate of drug-likeness (QED) is 0.474. The van der Waals surface area contributed by atoms with Crippen molar-refractivity contribution in [2.45, 2.75) is 5.16 Å². The molecule has 2 rings (SSSR count). The van der Waals surface area contributed by atoms with E-state index >= 15 is 0 Å². The SMILES string of the molecule is O=C(CSc1ncccn1)c1ccccc1F. The summed E-state index contributed by atoms with van der Waals surface area (Å²) >= 11 is 1.19. The van der Waals surface area contributed by atoms with E-state index in [1.807, 2.05) is 0 Å². The molecule has 2 aromatic rings. The molecule has 5 heteroatoms. The van der Waals surface area contributed by atoms with Gasteiger partial charge in [-0.25, -0.2) is 14.4 Å². The summed E-state index contributed by atoms with van der Waals surface area (Å²) in [6, 6.07) is 7.64. The van der Waals surface area contributed by atoms with E-state index in [-0.39, 0.29) is 17.1 Å². The lowest BCUT2D eigenvalue weighted by Gasteiger charge is -2.01. The predicted molar refractivity (Wildman–Crippen MR) is 63.5 cm³/mol. The number of aromatic nitrogens is 2. The third-order valence-corrected chi connectivity index (χ3v) is 2.92. The molecule has 0 spiro atoms. The third kappa shape index (κ3) is 3.10. The Labute approximate surface area is 102 Å². The van der Waals surface area contributed by atoms with Crippen LogP contribution in [0.15, 0.2) is 47.9 Å². The summed E-state index contributed by atoms with van der Waals surface area (Å²) in [5.74, 6) is -0.627. The molecule has 1 aromatic heterocycles. The Morgan fingerprint density at radius 1 is 1.18 bits per heavy atom. The number of hydrogen-bond donors (Lipinski definition) is 0. The summed E-state index contributed by atoms with van der Waals surface area (Å²) < 4.78 is 13.3. The van der Waals surface area contributed by atoms with E-state index in [4.69, 9.17) is 0 Å². The van der Waals surface area contributed by atoms with Crippen LogP contribution in [0.1, 0.15) is 10.4 Å². The van der Waals surface area contributed by atoms with Crippen LogP contribution in [0.3, 0.4) is 0 Å². The number of hydrogen-bond acceptors (Lipinski definition) is 4. The number of rotatable bonds is 4. The molecule has 0 fully saturated rings. The van der Waals surface area contributed by atoms with E-state index in [2.05, 4.69) is 9.97 Å². The van der Waals surface area contributed by atoms with Crippen molar-refractivity contribution in [1.29, 1.82) is 0 Å². The first-order valence-corrected chi connectivity index (χ1v) is 5.93. The van der Waals surface area contributed by atoms with Gasteiger partial charge in [0.15, 0.2) is 10.9 Å². The molecule has 0 saturated heterocycles. The van der Waals surface area contributed by atoms with Crippen LogP contribution in [0.4, 0.5) is 4.39 Å². The second kappa shape index (κ2) is 5.54. The minimum Gasteiger partial charge on any atom is -0.293 e. The lowest BCUT2D eigenvalue weighted by Crippen LogP contribution is -2.05. The number of halogens is 1. The molecule has 0 aliphatic heterocycles. The minimum atomic E-state index is -0.493. The summed E-state index contributed by atoms with van der Waals surface area (Å²) in [5.41, 5.74) is 0.107. The predicted octanol–water partition coefficient (Wildman–Crippen LogP) is 2.59. The van der Waals surface area contributed by atoms with Crippen LogP contribution in [-0.2, 0) is 0 Å². The molecule has 1 heterocycles.